The average molecular weight is 157 g/mol. The predicted molar refractivity (Wildman–Crippen MR) is 47.3 cm³/mol. The second-order valence-electron chi connectivity index (χ2n) is 3.32. The van der Waals surface area contributed by atoms with Gasteiger partial charge in [0.15, 0.2) is 0 Å². The molecule has 3 heteroatoms. The molecular formula is C8H19N3. The Morgan fingerprint density at radius 2 is 2.27 bits per heavy atom. The van der Waals surface area contributed by atoms with Crippen molar-refractivity contribution in [1.29, 1.82) is 0 Å². The maximum atomic E-state index is 3.34. The number of hydrogen-bond acceptors (Lipinski definition) is 3. The normalized spacial score (nSPS) is 22.9. The smallest absolute Gasteiger partial charge is 0.0626 e. The fraction of sp³-hybridized carbons (Fsp3) is 1.00. The van der Waals surface area contributed by atoms with Gasteiger partial charge in [-0.1, -0.05) is 6.92 Å². The van der Waals surface area contributed by atoms with Crippen molar-refractivity contribution in [3.63, 3.8) is 0 Å². The first-order chi connectivity index (χ1) is 5.25. The summed E-state index contributed by atoms with van der Waals surface area (Å²) in [6, 6.07) is 0. The van der Waals surface area contributed by atoms with E-state index in [1.165, 1.54) is 13.0 Å². The zero-order valence-corrected chi connectivity index (χ0v) is 7.80. The molecule has 1 aliphatic heterocycles. The van der Waals surface area contributed by atoms with Crippen LogP contribution in [0.25, 0.3) is 0 Å². The zero-order valence-electron chi connectivity index (χ0n) is 7.80. The topological polar surface area (TPSA) is 18.5 Å². The molecule has 66 valence electrons. The maximum absolute atomic E-state index is 3.34. The van der Waals surface area contributed by atoms with Crippen molar-refractivity contribution in [2.75, 3.05) is 33.9 Å². The molecule has 0 spiro atoms. The highest BCUT2D eigenvalue weighted by Gasteiger charge is 2.20. The molecule has 0 aromatic carbocycles. The molecule has 0 aliphatic carbocycles. The van der Waals surface area contributed by atoms with E-state index in [-0.39, 0.29) is 0 Å². The Hall–Kier alpha value is -0.120. The Kier molecular flexibility index (Phi) is 3.30. The van der Waals surface area contributed by atoms with Crippen molar-refractivity contribution in [1.82, 2.24) is 15.1 Å². The number of hydrogen-bond donors (Lipinski definition) is 1. The lowest BCUT2D eigenvalue weighted by Gasteiger charge is -2.31. The van der Waals surface area contributed by atoms with E-state index in [4.69, 9.17) is 0 Å². The van der Waals surface area contributed by atoms with Crippen molar-refractivity contribution >= 4 is 0 Å². The Morgan fingerprint density at radius 3 is 2.64 bits per heavy atom. The van der Waals surface area contributed by atoms with E-state index in [0.717, 1.165) is 13.2 Å². The van der Waals surface area contributed by atoms with E-state index in [1.807, 2.05) is 0 Å². The monoisotopic (exact) mass is 157 g/mol. The van der Waals surface area contributed by atoms with Crippen molar-refractivity contribution in [3.8, 4) is 0 Å². The Bertz CT molecular complexity index is 108. The van der Waals surface area contributed by atoms with Crippen molar-refractivity contribution in [2.45, 2.75) is 19.5 Å². The third kappa shape index (κ3) is 2.15. The molecule has 0 amide bonds. The van der Waals surface area contributed by atoms with Gasteiger partial charge in [0, 0.05) is 19.8 Å². The van der Waals surface area contributed by atoms with Gasteiger partial charge in [0.25, 0.3) is 0 Å². The van der Waals surface area contributed by atoms with E-state index >= 15 is 0 Å². The number of nitrogens with zero attached hydrogens (tertiary/aromatic N) is 2. The first-order valence-corrected chi connectivity index (χ1v) is 4.37. The molecule has 1 aliphatic rings. The molecule has 11 heavy (non-hydrogen) atoms. The highest BCUT2D eigenvalue weighted by molar-refractivity contribution is 4.72. The predicted octanol–water partition coefficient (Wildman–Crippen LogP) is 0.147. The van der Waals surface area contributed by atoms with Crippen LogP contribution in [0.1, 0.15) is 13.3 Å². The minimum Gasteiger partial charge on any atom is -0.303 e. The minimum absolute atomic E-state index is 0.616. The summed E-state index contributed by atoms with van der Waals surface area (Å²) in [5.41, 5.74) is 0. The van der Waals surface area contributed by atoms with Crippen LogP contribution >= 0.6 is 0 Å². The number of rotatable bonds is 3. The van der Waals surface area contributed by atoms with Crippen molar-refractivity contribution < 1.29 is 0 Å². The van der Waals surface area contributed by atoms with Gasteiger partial charge in [0.1, 0.15) is 0 Å². The van der Waals surface area contributed by atoms with Crippen LogP contribution in [0.4, 0.5) is 0 Å². The second kappa shape index (κ2) is 4.04. The fourth-order valence-corrected chi connectivity index (χ4v) is 1.73. The quantitative estimate of drug-likeness (QED) is 0.629. The summed E-state index contributed by atoms with van der Waals surface area (Å²) in [4.78, 5) is 4.76. The lowest BCUT2D eigenvalue weighted by molar-refractivity contribution is 0.0978. The van der Waals surface area contributed by atoms with Crippen LogP contribution in [-0.2, 0) is 0 Å². The van der Waals surface area contributed by atoms with E-state index in [1.54, 1.807) is 0 Å². The third-order valence-electron chi connectivity index (χ3n) is 2.27. The van der Waals surface area contributed by atoms with Crippen LogP contribution < -0.4 is 5.32 Å². The summed E-state index contributed by atoms with van der Waals surface area (Å²) in [7, 11) is 4.29. The lowest BCUT2D eigenvalue weighted by atomic mass is 10.3. The highest BCUT2D eigenvalue weighted by atomic mass is 15.4. The van der Waals surface area contributed by atoms with Gasteiger partial charge < -0.3 is 5.32 Å². The molecule has 0 aromatic rings. The van der Waals surface area contributed by atoms with Crippen LogP contribution in [0.3, 0.4) is 0 Å². The lowest BCUT2D eigenvalue weighted by Crippen LogP contribution is -2.43. The first kappa shape index (κ1) is 8.97. The Labute approximate surface area is 69.4 Å². The van der Waals surface area contributed by atoms with E-state index in [2.05, 4.69) is 36.1 Å². The molecule has 1 atom stereocenters. The fourth-order valence-electron chi connectivity index (χ4n) is 1.73. The van der Waals surface area contributed by atoms with Gasteiger partial charge in [0.05, 0.1) is 6.17 Å². The largest absolute Gasteiger partial charge is 0.303 e. The number of nitrogens with one attached hydrogen (secondary N) is 1. The van der Waals surface area contributed by atoms with Gasteiger partial charge in [0.2, 0.25) is 0 Å². The summed E-state index contributed by atoms with van der Waals surface area (Å²) in [6.07, 6.45) is 1.82. The molecule has 1 saturated heterocycles. The standard InChI is InChI=1S/C8H19N3/c1-4-8(10(2)3)11-6-5-9-7-11/h8-9H,4-7H2,1-3H3. The molecule has 1 unspecified atom stereocenters. The van der Waals surface area contributed by atoms with Crippen LogP contribution in [0, 0.1) is 0 Å². The molecule has 0 aromatic heterocycles. The minimum atomic E-state index is 0.616. The average Bonchev–Trinajstić information content (AvgIpc) is 2.40. The van der Waals surface area contributed by atoms with Gasteiger partial charge >= 0.3 is 0 Å². The molecule has 1 rings (SSSR count). The van der Waals surface area contributed by atoms with Crippen LogP contribution in [-0.4, -0.2) is 49.8 Å². The van der Waals surface area contributed by atoms with E-state index in [0.29, 0.717) is 6.17 Å². The molecule has 0 bridgehead atoms. The summed E-state index contributed by atoms with van der Waals surface area (Å²) in [6.45, 7) is 5.63. The summed E-state index contributed by atoms with van der Waals surface area (Å²) in [5.74, 6) is 0. The second-order valence-corrected chi connectivity index (χ2v) is 3.32. The molecule has 0 radical (unpaired) electrons. The SMILES string of the molecule is CCC(N(C)C)N1CCNC1. The van der Waals surface area contributed by atoms with E-state index in [9.17, 15) is 0 Å². The van der Waals surface area contributed by atoms with Gasteiger partial charge in [-0.25, -0.2) is 0 Å². The van der Waals surface area contributed by atoms with Crippen LogP contribution in [0.15, 0.2) is 0 Å². The molecule has 1 N–H and O–H groups in total. The van der Waals surface area contributed by atoms with Gasteiger partial charge in [-0.3, -0.25) is 9.80 Å². The van der Waals surface area contributed by atoms with Gasteiger partial charge in [-0.05, 0) is 20.5 Å². The molecule has 3 nitrogen and oxygen atoms in total. The Morgan fingerprint density at radius 1 is 1.55 bits per heavy atom. The van der Waals surface area contributed by atoms with Crippen molar-refractivity contribution in [2.24, 2.45) is 0 Å². The molecule has 1 heterocycles. The summed E-state index contributed by atoms with van der Waals surface area (Å²) in [5, 5.41) is 3.34. The highest BCUT2D eigenvalue weighted by Crippen LogP contribution is 2.07. The van der Waals surface area contributed by atoms with Crippen LogP contribution in [0.2, 0.25) is 0 Å². The van der Waals surface area contributed by atoms with Crippen molar-refractivity contribution in [3.05, 3.63) is 0 Å². The third-order valence-corrected chi connectivity index (χ3v) is 2.27. The Balaban J connectivity index is 2.40. The zero-order chi connectivity index (χ0) is 8.27. The maximum Gasteiger partial charge on any atom is 0.0626 e. The first-order valence-electron chi connectivity index (χ1n) is 4.37. The van der Waals surface area contributed by atoms with Gasteiger partial charge in [-0.2, -0.15) is 0 Å². The molecule has 1 fully saturated rings. The van der Waals surface area contributed by atoms with Crippen LogP contribution in [0.5, 0.6) is 0 Å². The van der Waals surface area contributed by atoms with Gasteiger partial charge in [-0.15, -0.1) is 0 Å². The molecular weight excluding hydrogens is 138 g/mol. The summed E-state index contributed by atoms with van der Waals surface area (Å²) >= 11 is 0. The molecule has 0 saturated carbocycles. The summed E-state index contributed by atoms with van der Waals surface area (Å²) < 4.78 is 0. The van der Waals surface area contributed by atoms with E-state index < -0.39 is 0 Å².